The molecule has 0 fully saturated rings. The number of hydrogen-bond acceptors (Lipinski definition) is 2. The predicted octanol–water partition coefficient (Wildman–Crippen LogP) is 3.99. The fraction of sp³-hybridized carbons (Fsp3) is 0.294. The van der Waals surface area contributed by atoms with Crippen LogP contribution in [0.5, 0.6) is 5.75 Å². The van der Waals surface area contributed by atoms with Crippen molar-refractivity contribution in [1.82, 2.24) is 5.32 Å². The molecule has 0 bridgehead atoms. The molecule has 0 unspecified atom stereocenters. The van der Waals surface area contributed by atoms with E-state index in [0.717, 1.165) is 30.3 Å². The number of aryl methyl sites for hydroxylation is 1. The number of ether oxygens (including phenoxy) is 1. The van der Waals surface area contributed by atoms with Crippen molar-refractivity contribution in [3.63, 3.8) is 0 Å². The number of rotatable bonds is 6. The average Bonchev–Trinajstić information content (AvgIpc) is 2.46. The average molecular weight is 290 g/mol. The quantitative estimate of drug-likeness (QED) is 0.812. The van der Waals surface area contributed by atoms with E-state index in [1.165, 1.54) is 16.7 Å². The molecule has 2 rings (SSSR count). The molecule has 0 radical (unpaired) electrons. The van der Waals surface area contributed by atoms with Gasteiger partial charge in [0.1, 0.15) is 5.75 Å². The molecule has 0 aliphatic rings. The molecule has 0 aliphatic heterocycles. The van der Waals surface area contributed by atoms with Crippen LogP contribution in [0, 0.1) is 6.92 Å². The molecule has 0 atom stereocenters. The Hall–Kier alpha value is -1.51. The number of halogens is 1. The van der Waals surface area contributed by atoms with Gasteiger partial charge < -0.3 is 10.1 Å². The third-order valence-electron chi connectivity index (χ3n) is 3.38. The molecule has 0 spiro atoms. The van der Waals surface area contributed by atoms with Gasteiger partial charge in [-0.05, 0) is 54.8 Å². The fourth-order valence-corrected chi connectivity index (χ4v) is 2.44. The number of nitrogens with one attached hydrogen (secondary N) is 1. The van der Waals surface area contributed by atoms with Crippen LogP contribution < -0.4 is 10.1 Å². The third-order valence-corrected chi connectivity index (χ3v) is 3.62. The van der Waals surface area contributed by atoms with Crippen LogP contribution in [0.1, 0.15) is 16.7 Å². The minimum atomic E-state index is 0.792. The lowest BCUT2D eigenvalue weighted by Gasteiger charge is -2.10. The van der Waals surface area contributed by atoms with Gasteiger partial charge in [0.15, 0.2) is 0 Å². The van der Waals surface area contributed by atoms with Crippen LogP contribution in [-0.4, -0.2) is 13.7 Å². The Kier molecular flexibility index (Phi) is 5.45. The summed E-state index contributed by atoms with van der Waals surface area (Å²) in [5, 5.41) is 4.26. The minimum Gasteiger partial charge on any atom is -0.496 e. The minimum absolute atomic E-state index is 0.792. The Balaban J connectivity index is 1.84. The smallest absolute Gasteiger partial charge is 0.122 e. The summed E-state index contributed by atoms with van der Waals surface area (Å²) in [5.41, 5.74) is 3.74. The number of methoxy groups -OCH3 is 1. The third kappa shape index (κ3) is 3.99. The Morgan fingerprint density at radius 2 is 1.90 bits per heavy atom. The molecule has 20 heavy (non-hydrogen) atoms. The molecule has 2 nitrogen and oxygen atoms in total. The number of hydrogen-bond donors (Lipinski definition) is 1. The molecule has 1 N–H and O–H groups in total. The summed E-state index contributed by atoms with van der Waals surface area (Å²) in [4.78, 5) is 0. The molecular weight excluding hydrogens is 270 g/mol. The maximum Gasteiger partial charge on any atom is 0.122 e. The zero-order valence-electron chi connectivity index (χ0n) is 11.9. The van der Waals surface area contributed by atoms with Crippen molar-refractivity contribution < 1.29 is 4.74 Å². The Morgan fingerprint density at radius 1 is 1.10 bits per heavy atom. The van der Waals surface area contributed by atoms with Crippen LogP contribution in [0.3, 0.4) is 0 Å². The van der Waals surface area contributed by atoms with E-state index >= 15 is 0 Å². The highest BCUT2D eigenvalue weighted by molar-refractivity contribution is 6.30. The SMILES string of the molecule is COc1ccccc1CCNCc1ccc(Cl)cc1C. The van der Waals surface area contributed by atoms with E-state index in [2.05, 4.69) is 24.4 Å². The van der Waals surface area contributed by atoms with Crippen molar-refractivity contribution in [1.29, 1.82) is 0 Å². The second kappa shape index (κ2) is 7.32. The molecule has 2 aromatic carbocycles. The first-order valence-corrected chi connectivity index (χ1v) is 7.16. The van der Waals surface area contributed by atoms with Crippen molar-refractivity contribution in [2.45, 2.75) is 19.9 Å². The van der Waals surface area contributed by atoms with E-state index < -0.39 is 0 Å². The van der Waals surface area contributed by atoms with E-state index in [0.29, 0.717) is 0 Å². The van der Waals surface area contributed by atoms with Crippen LogP contribution in [0.4, 0.5) is 0 Å². The summed E-state index contributed by atoms with van der Waals surface area (Å²) in [5.74, 6) is 0.956. The van der Waals surface area contributed by atoms with E-state index in [1.807, 2.05) is 30.3 Å². The summed E-state index contributed by atoms with van der Waals surface area (Å²) in [6.45, 7) is 3.86. The summed E-state index contributed by atoms with van der Waals surface area (Å²) >= 11 is 5.96. The lowest BCUT2D eigenvalue weighted by molar-refractivity contribution is 0.409. The van der Waals surface area contributed by atoms with Gasteiger partial charge in [0.05, 0.1) is 7.11 Å². The molecule has 0 saturated heterocycles. The topological polar surface area (TPSA) is 21.3 Å². The lowest BCUT2D eigenvalue weighted by atomic mass is 10.1. The zero-order valence-corrected chi connectivity index (χ0v) is 12.7. The number of benzene rings is 2. The molecule has 0 aromatic heterocycles. The van der Waals surface area contributed by atoms with Crippen molar-refractivity contribution in [2.75, 3.05) is 13.7 Å². The van der Waals surface area contributed by atoms with Gasteiger partial charge in [0, 0.05) is 11.6 Å². The first kappa shape index (κ1) is 14.9. The molecular formula is C17H20ClNO. The van der Waals surface area contributed by atoms with Crippen LogP contribution >= 0.6 is 11.6 Å². The highest BCUT2D eigenvalue weighted by atomic mass is 35.5. The van der Waals surface area contributed by atoms with Gasteiger partial charge in [-0.15, -0.1) is 0 Å². The Labute approximate surface area is 125 Å². The maximum atomic E-state index is 5.96. The Morgan fingerprint density at radius 3 is 2.65 bits per heavy atom. The summed E-state index contributed by atoms with van der Waals surface area (Å²) < 4.78 is 5.35. The molecule has 0 saturated carbocycles. The van der Waals surface area contributed by atoms with Gasteiger partial charge in [-0.3, -0.25) is 0 Å². The van der Waals surface area contributed by atoms with Gasteiger partial charge >= 0.3 is 0 Å². The monoisotopic (exact) mass is 289 g/mol. The largest absolute Gasteiger partial charge is 0.496 e. The zero-order chi connectivity index (χ0) is 14.4. The normalized spacial score (nSPS) is 10.6. The molecule has 0 aliphatic carbocycles. The molecule has 2 aromatic rings. The molecule has 3 heteroatoms. The second-order valence-electron chi connectivity index (χ2n) is 4.81. The van der Waals surface area contributed by atoms with Crippen LogP contribution in [0.2, 0.25) is 5.02 Å². The Bertz CT molecular complexity index is 569. The predicted molar refractivity (Wildman–Crippen MR) is 84.6 cm³/mol. The molecule has 106 valence electrons. The van der Waals surface area contributed by atoms with Gasteiger partial charge in [-0.1, -0.05) is 35.9 Å². The van der Waals surface area contributed by atoms with Gasteiger partial charge in [-0.25, -0.2) is 0 Å². The molecule has 0 heterocycles. The number of para-hydroxylation sites is 1. The second-order valence-corrected chi connectivity index (χ2v) is 5.25. The fourth-order valence-electron chi connectivity index (χ4n) is 2.21. The van der Waals surface area contributed by atoms with Crippen molar-refractivity contribution in [2.24, 2.45) is 0 Å². The van der Waals surface area contributed by atoms with E-state index in [1.54, 1.807) is 7.11 Å². The van der Waals surface area contributed by atoms with Gasteiger partial charge in [0.25, 0.3) is 0 Å². The lowest BCUT2D eigenvalue weighted by Crippen LogP contribution is -2.17. The molecule has 0 amide bonds. The summed E-state index contributed by atoms with van der Waals surface area (Å²) in [6.07, 6.45) is 0.955. The summed E-state index contributed by atoms with van der Waals surface area (Å²) in [6, 6.07) is 14.2. The van der Waals surface area contributed by atoms with Crippen LogP contribution in [0.25, 0.3) is 0 Å². The van der Waals surface area contributed by atoms with Crippen molar-refractivity contribution in [3.05, 3.63) is 64.2 Å². The first-order valence-electron chi connectivity index (χ1n) is 6.78. The maximum absolute atomic E-state index is 5.96. The van der Waals surface area contributed by atoms with E-state index in [-0.39, 0.29) is 0 Å². The van der Waals surface area contributed by atoms with E-state index in [9.17, 15) is 0 Å². The van der Waals surface area contributed by atoms with Crippen molar-refractivity contribution >= 4 is 11.6 Å². The highest BCUT2D eigenvalue weighted by Gasteiger charge is 2.02. The van der Waals surface area contributed by atoms with E-state index in [4.69, 9.17) is 16.3 Å². The summed E-state index contributed by atoms with van der Waals surface area (Å²) in [7, 11) is 1.71. The standard InChI is InChI=1S/C17H20ClNO/c1-13-11-16(18)8-7-15(13)12-19-10-9-14-5-3-4-6-17(14)20-2/h3-8,11,19H,9-10,12H2,1-2H3. The van der Waals surface area contributed by atoms with Crippen molar-refractivity contribution in [3.8, 4) is 5.75 Å². The van der Waals surface area contributed by atoms with Crippen LogP contribution in [0.15, 0.2) is 42.5 Å². The van der Waals surface area contributed by atoms with Gasteiger partial charge in [-0.2, -0.15) is 0 Å². The highest BCUT2D eigenvalue weighted by Crippen LogP contribution is 2.18. The first-order chi connectivity index (χ1) is 9.70. The van der Waals surface area contributed by atoms with Crippen LogP contribution in [-0.2, 0) is 13.0 Å². The van der Waals surface area contributed by atoms with Gasteiger partial charge in [0.2, 0.25) is 0 Å².